The largest absolute Gasteiger partial charge is 0.497 e. The number of nitrogens with zero attached hydrogens (tertiary/aromatic N) is 3. The lowest BCUT2D eigenvalue weighted by molar-refractivity contribution is -0.133. The van der Waals surface area contributed by atoms with Gasteiger partial charge in [-0.1, -0.05) is 13.8 Å². The van der Waals surface area contributed by atoms with E-state index < -0.39 is 0 Å². The van der Waals surface area contributed by atoms with Gasteiger partial charge in [0.2, 0.25) is 5.91 Å². The summed E-state index contributed by atoms with van der Waals surface area (Å²) in [7, 11) is 5.04. The molecule has 31 heavy (non-hydrogen) atoms. The standard InChI is InChI=1S/C24H35N3O4/c1-17(2)14-26(15-19-9-8-12-25(19)5)23(28)16-27(18(3)4)24(29)21-11-10-20(30-6)13-22(21)31-7/h8-13,17-18H,14-16H2,1-7H3. The van der Waals surface area contributed by atoms with Gasteiger partial charge in [0.25, 0.3) is 5.91 Å². The SMILES string of the molecule is COc1ccc(C(=O)N(CC(=O)N(Cc2cccn2C)CC(C)C)C(C)C)c(OC)c1. The molecule has 2 aromatic rings. The smallest absolute Gasteiger partial charge is 0.258 e. The third kappa shape index (κ3) is 6.26. The van der Waals surface area contributed by atoms with Gasteiger partial charge in [-0.15, -0.1) is 0 Å². The Hall–Kier alpha value is -2.96. The second-order valence-corrected chi connectivity index (χ2v) is 8.37. The molecular formula is C24H35N3O4. The van der Waals surface area contributed by atoms with Crippen molar-refractivity contribution in [2.75, 3.05) is 27.3 Å². The number of aromatic nitrogens is 1. The Kier molecular flexibility index (Phi) is 8.54. The Balaban J connectivity index is 2.26. The third-order valence-electron chi connectivity index (χ3n) is 5.17. The maximum absolute atomic E-state index is 13.3. The lowest BCUT2D eigenvalue weighted by Gasteiger charge is -2.31. The number of amides is 2. The highest BCUT2D eigenvalue weighted by molar-refractivity contribution is 5.99. The van der Waals surface area contributed by atoms with E-state index in [-0.39, 0.29) is 24.4 Å². The highest BCUT2D eigenvalue weighted by Crippen LogP contribution is 2.26. The van der Waals surface area contributed by atoms with Crippen LogP contribution in [0.25, 0.3) is 0 Å². The van der Waals surface area contributed by atoms with Gasteiger partial charge >= 0.3 is 0 Å². The molecule has 0 spiro atoms. The maximum atomic E-state index is 13.3. The zero-order chi connectivity index (χ0) is 23.1. The predicted molar refractivity (Wildman–Crippen MR) is 121 cm³/mol. The molecule has 1 heterocycles. The van der Waals surface area contributed by atoms with Crippen LogP contribution in [0.15, 0.2) is 36.5 Å². The molecule has 2 amide bonds. The molecule has 0 aliphatic carbocycles. The van der Waals surface area contributed by atoms with E-state index in [1.54, 1.807) is 30.2 Å². The van der Waals surface area contributed by atoms with Crippen molar-refractivity contribution >= 4 is 11.8 Å². The molecule has 1 aromatic heterocycles. The summed E-state index contributed by atoms with van der Waals surface area (Å²) in [6.45, 7) is 9.11. The second kappa shape index (κ2) is 10.9. The van der Waals surface area contributed by atoms with E-state index in [1.807, 2.05) is 48.7 Å². The van der Waals surface area contributed by atoms with E-state index in [9.17, 15) is 9.59 Å². The molecule has 7 heteroatoms. The Morgan fingerprint density at radius 3 is 2.29 bits per heavy atom. The van der Waals surface area contributed by atoms with E-state index in [1.165, 1.54) is 7.11 Å². The van der Waals surface area contributed by atoms with Gasteiger partial charge in [0.1, 0.15) is 18.0 Å². The fraction of sp³-hybridized carbons (Fsp3) is 0.500. The van der Waals surface area contributed by atoms with Crippen LogP contribution in [-0.2, 0) is 18.4 Å². The number of benzene rings is 1. The molecule has 0 saturated heterocycles. The molecule has 0 saturated carbocycles. The van der Waals surface area contributed by atoms with Crippen LogP contribution in [0.4, 0.5) is 0 Å². The Morgan fingerprint density at radius 1 is 1.06 bits per heavy atom. The van der Waals surface area contributed by atoms with Crippen LogP contribution in [-0.4, -0.2) is 59.5 Å². The van der Waals surface area contributed by atoms with Gasteiger partial charge in [-0.2, -0.15) is 0 Å². The molecule has 0 fully saturated rings. The average molecular weight is 430 g/mol. The summed E-state index contributed by atoms with van der Waals surface area (Å²) in [5.74, 6) is 1.02. The highest BCUT2D eigenvalue weighted by Gasteiger charge is 2.27. The van der Waals surface area contributed by atoms with Gasteiger partial charge in [-0.3, -0.25) is 9.59 Å². The Bertz CT molecular complexity index is 889. The van der Waals surface area contributed by atoms with Crippen LogP contribution in [0.3, 0.4) is 0 Å². The van der Waals surface area contributed by atoms with E-state index in [0.717, 1.165) is 5.69 Å². The van der Waals surface area contributed by atoms with Gasteiger partial charge in [0, 0.05) is 37.6 Å². The Morgan fingerprint density at radius 2 is 1.77 bits per heavy atom. The number of carbonyl (C=O) groups excluding carboxylic acids is 2. The van der Waals surface area contributed by atoms with Crippen molar-refractivity contribution in [2.45, 2.75) is 40.3 Å². The summed E-state index contributed by atoms with van der Waals surface area (Å²) in [6.07, 6.45) is 1.97. The first kappa shape index (κ1) is 24.3. The predicted octanol–water partition coefficient (Wildman–Crippen LogP) is 3.58. The van der Waals surface area contributed by atoms with Crippen LogP contribution < -0.4 is 9.47 Å². The minimum absolute atomic E-state index is 0.00280. The van der Waals surface area contributed by atoms with Gasteiger partial charge in [0.05, 0.1) is 26.3 Å². The minimum Gasteiger partial charge on any atom is -0.497 e. The summed E-state index contributed by atoms with van der Waals surface area (Å²) in [4.78, 5) is 30.1. The van der Waals surface area contributed by atoms with E-state index in [0.29, 0.717) is 36.1 Å². The molecule has 0 N–H and O–H groups in total. The molecule has 170 valence electrons. The van der Waals surface area contributed by atoms with Crippen LogP contribution in [0.5, 0.6) is 11.5 Å². The van der Waals surface area contributed by atoms with Gasteiger partial charge in [-0.05, 0) is 44.0 Å². The second-order valence-electron chi connectivity index (χ2n) is 8.37. The van der Waals surface area contributed by atoms with Crippen molar-refractivity contribution in [3.8, 4) is 11.5 Å². The van der Waals surface area contributed by atoms with Crippen molar-refractivity contribution in [3.05, 3.63) is 47.8 Å². The number of hydrogen-bond donors (Lipinski definition) is 0. The molecule has 0 aliphatic rings. The third-order valence-corrected chi connectivity index (χ3v) is 5.17. The summed E-state index contributed by atoms with van der Waals surface area (Å²) < 4.78 is 12.6. The van der Waals surface area contributed by atoms with Crippen molar-refractivity contribution in [3.63, 3.8) is 0 Å². The monoisotopic (exact) mass is 429 g/mol. The molecule has 0 radical (unpaired) electrons. The minimum atomic E-state index is -0.244. The molecule has 0 bridgehead atoms. The number of methoxy groups -OCH3 is 2. The first-order valence-corrected chi connectivity index (χ1v) is 10.6. The van der Waals surface area contributed by atoms with Gasteiger partial charge in [0.15, 0.2) is 0 Å². The number of carbonyl (C=O) groups is 2. The van der Waals surface area contributed by atoms with Crippen molar-refractivity contribution in [1.82, 2.24) is 14.4 Å². The first-order valence-electron chi connectivity index (χ1n) is 10.6. The molecular weight excluding hydrogens is 394 g/mol. The van der Waals surface area contributed by atoms with Crippen LogP contribution in [0.2, 0.25) is 0 Å². The maximum Gasteiger partial charge on any atom is 0.258 e. The summed E-state index contributed by atoms with van der Waals surface area (Å²) in [6, 6.07) is 8.89. The topological polar surface area (TPSA) is 64.0 Å². The molecule has 0 atom stereocenters. The molecule has 2 rings (SSSR count). The van der Waals surface area contributed by atoms with Crippen molar-refractivity contribution < 1.29 is 19.1 Å². The average Bonchev–Trinajstić information content (AvgIpc) is 3.14. The molecule has 0 unspecified atom stereocenters. The van der Waals surface area contributed by atoms with E-state index in [4.69, 9.17) is 9.47 Å². The van der Waals surface area contributed by atoms with Crippen LogP contribution >= 0.6 is 0 Å². The van der Waals surface area contributed by atoms with Gasteiger partial charge < -0.3 is 23.8 Å². The fourth-order valence-corrected chi connectivity index (χ4v) is 3.42. The van der Waals surface area contributed by atoms with Crippen LogP contribution in [0.1, 0.15) is 43.7 Å². The number of aryl methyl sites for hydroxylation is 1. The summed E-state index contributed by atoms with van der Waals surface area (Å²) in [5, 5.41) is 0. The van der Waals surface area contributed by atoms with E-state index in [2.05, 4.69) is 13.8 Å². The molecule has 0 aliphatic heterocycles. The highest BCUT2D eigenvalue weighted by atomic mass is 16.5. The van der Waals surface area contributed by atoms with E-state index >= 15 is 0 Å². The van der Waals surface area contributed by atoms with Crippen LogP contribution in [0, 0.1) is 5.92 Å². The Labute approximate surface area is 185 Å². The number of hydrogen-bond acceptors (Lipinski definition) is 4. The zero-order valence-corrected chi connectivity index (χ0v) is 19.7. The molecule has 7 nitrogen and oxygen atoms in total. The molecule has 1 aromatic carbocycles. The van der Waals surface area contributed by atoms with Crippen molar-refractivity contribution in [1.29, 1.82) is 0 Å². The fourth-order valence-electron chi connectivity index (χ4n) is 3.42. The summed E-state index contributed by atoms with van der Waals surface area (Å²) >= 11 is 0. The lowest BCUT2D eigenvalue weighted by Crippen LogP contribution is -2.46. The number of rotatable bonds is 10. The summed E-state index contributed by atoms with van der Waals surface area (Å²) in [5.41, 5.74) is 1.45. The van der Waals surface area contributed by atoms with Gasteiger partial charge in [-0.25, -0.2) is 0 Å². The first-order chi connectivity index (χ1) is 14.7. The quantitative estimate of drug-likeness (QED) is 0.579. The number of ether oxygens (including phenoxy) is 2. The zero-order valence-electron chi connectivity index (χ0n) is 19.7. The normalized spacial score (nSPS) is 11.0. The van der Waals surface area contributed by atoms with Crippen molar-refractivity contribution in [2.24, 2.45) is 13.0 Å². The lowest BCUT2D eigenvalue weighted by atomic mass is 10.1.